The zero-order chi connectivity index (χ0) is 21.2. The van der Waals surface area contributed by atoms with Crippen LogP contribution in [0.25, 0.3) is 11.6 Å². The van der Waals surface area contributed by atoms with Gasteiger partial charge in [-0.25, -0.2) is 4.68 Å². The van der Waals surface area contributed by atoms with Crippen LogP contribution in [0.15, 0.2) is 46.2 Å². The number of furan rings is 1. The topological polar surface area (TPSA) is 109 Å². The highest BCUT2D eigenvalue weighted by molar-refractivity contribution is 7.99. The van der Waals surface area contributed by atoms with Gasteiger partial charge in [0.2, 0.25) is 16.9 Å². The molecule has 2 aliphatic rings. The van der Waals surface area contributed by atoms with E-state index >= 15 is 0 Å². The molecule has 9 nitrogen and oxygen atoms in total. The van der Waals surface area contributed by atoms with Gasteiger partial charge in [0.25, 0.3) is 0 Å². The number of carbonyl (C=O) groups excluding carboxylic acids is 1. The van der Waals surface area contributed by atoms with Crippen molar-refractivity contribution in [2.24, 2.45) is 0 Å². The van der Waals surface area contributed by atoms with Crippen LogP contribution in [-0.2, 0) is 4.79 Å². The zero-order valence-electron chi connectivity index (χ0n) is 16.9. The molecular weight excluding hydrogens is 418 g/mol. The molecule has 2 aliphatic heterocycles. The van der Waals surface area contributed by atoms with E-state index in [0.29, 0.717) is 30.0 Å². The van der Waals surface area contributed by atoms with Gasteiger partial charge >= 0.3 is 0 Å². The molecule has 1 unspecified atom stereocenters. The quantitative estimate of drug-likeness (QED) is 0.476. The fourth-order valence-electron chi connectivity index (χ4n) is 3.96. The summed E-state index contributed by atoms with van der Waals surface area (Å²) in [5.74, 6) is 8.84. The van der Waals surface area contributed by atoms with Crippen LogP contribution >= 0.6 is 11.8 Å². The molecule has 1 saturated heterocycles. The molecule has 1 fully saturated rings. The Morgan fingerprint density at radius 2 is 2.03 bits per heavy atom. The number of benzene rings is 1. The molecule has 10 heteroatoms. The highest BCUT2D eigenvalue weighted by Gasteiger charge is 2.31. The molecule has 0 radical (unpaired) electrons. The van der Waals surface area contributed by atoms with Gasteiger partial charge in [-0.1, -0.05) is 17.8 Å². The third-order valence-corrected chi connectivity index (χ3v) is 6.39. The molecule has 1 atom stereocenters. The van der Waals surface area contributed by atoms with Gasteiger partial charge in [-0.05, 0) is 42.7 Å². The fourth-order valence-corrected chi connectivity index (χ4v) is 4.70. The van der Waals surface area contributed by atoms with Crippen molar-refractivity contribution in [3.05, 3.63) is 42.2 Å². The molecule has 0 spiro atoms. The Kier molecular flexibility index (Phi) is 5.46. The van der Waals surface area contributed by atoms with Gasteiger partial charge in [-0.3, -0.25) is 4.79 Å². The van der Waals surface area contributed by atoms with Crippen molar-refractivity contribution < 1.29 is 18.7 Å². The largest absolute Gasteiger partial charge is 0.490 e. The van der Waals surface area contributed by atoms with Gasteiger partial charge in [0, 0.05) is 13.0 Å². The number of ether oxygens (including phenoxy) is 2. The van der Waals surface area contributed by atoms with E-state index in [0.717, 1.165) is 42.9 Å². The van der Waals surface area contributed by atoms with E-state index in [1.165, 1.54) is 16.4 Å². The number of likely N-dealkylation sites (tertiary alicyclic amines) is 1. The highest BCUT2D eigenvalue weighted by atomic mass is 32.2. The summed E-state index contributed by atoms with van der Waals surface area (Å²) >= 11 is 1.27. The second kappa shape index (κ2) is 8.54. The Morgan fingerprint density at radius 1 is 1.16 bits per heavy atom. The highest BCUT2D eigenvalue weighted by Crippen LogP contribution is 2.38. The van der Waals surface area contributed by atoms with Crippen LogP contribution in [0.4, 0.5) is 0 Å². The minimum absolute atomic E-state index is 0.0275. The minimum atomic E-state index is 0.0275. The van der Waals surface area contributed by atoms with Crippen molar-refractivity contribution >= 4 is 17.7 Å². The van der Waals surface area contributed by atoms with Crippen molar-refractivity contribution in [1.29, 1.82) is 0 Å². The molecule has 0 bridgehead atoms. The zero-order valence-corrected chi connectivity index (χ0v) is 17.7. The van der Waals surface area contributed by atoms with Crippen LogP contribution in [0.2, 0.25) is 0 Å². The molecule has 4 heterocycles. The van der Waals surface area contributed by atoms with E-state index in [2.05, 4.69) is 10.2 Å². The van der Waals surface area contributed by atoms with E-state index in [4.69, 9.17) is 19.7 Å². The predicted molar refractivity (Wildman–Crippen MR) is 114 cm³/mol. The van der Waals surface area contributed by atoms with Crippen molar-refractivity contribution in [2.75, 3.05) is 31.4 Å². The summed E-state index contributed by atoms with van der Waals surface area (Å²) < 4.78 is 18.2. The summed E-state index contributed by atoms with van der Waals surface area (Å²) in [4.78, 5) is 15.0. The third kappa shape index (κ3) is 3.95. The number of amides is 1. The number of hydrogen-bond donors (Lipinski definition) is 1. The maximum Gasteiger partial charge on any atom is 0.233 e. The number of thioether (sulfide) groups is 1. The number of fused-ring (bicyclic) bond motifs is 1. The molecule has 0 aliphatic carbocycles. The summed E-state index contributed by atoms with van der Waals surface area (Å²) in [6.45, 7) is 2.02. The van der Waals surface area contributed by atoms with E-state index in [1.54, 1.807) is 18.4 Å². The fraction of sp³-hybridized carbons (Fsp3) is 0.381. The number of carbonyl (C=O) groups is 1. The summed E-state index contributed by atoms with van der Waals surface area (Å²) in [7, 11) is 0. The number of hydrogen-bond acceptors (Lipinski definition) is 8. The van der Waals surface area contributed by atoms with Crippen molar-refractivity contribution in [2.45, 2.75) is 30.5 Å². The Hall–Kier alpha value is -3.14. The molecule has 1 aromatic carbocycles. The Labute approximate surface area is 183 Å². The van der Waals surface area contributed by atoms with Gasteiger partial charge in [0.1, 0.15) is 0 Å². The van der Waals surface area contributed by atoms with Crippen LogP contribution in [0.5, 0.6) is 11.5 Å². The molecule has 5 rings (SSSR count). The van der Waals surface area contributed by atoms with Crippen molar-refractivity contribution in [3.8, 4) is 23.1 Å². The van der Waals surface area contributed by atoms with Gasteiger partial charge in [0.05, 0.1) is 31.3 Å². The summed E-state index contributed by atoms with van der Waals surface area (Å²) in [6.07, 6.45) is 4.30. The lowest BCUT2D eigenvalue weighted by molar-refractivity contribution is -0.129. The summed E-state index contributed by atoms with van der Waals surface area (Å²) in [6, 6.07) is 9.53. The maximum atomic E-state index is 13.0. The number of nitrogen functional groups attached to an aromatic ring is 1. The van der Waals surface area contributed by atoms with Gasteiger partial charge in [0.15, 0.2) is 17.3 Å². The molecule has 1 amide bonds. The van der Waals surface area contributed by atoms with E-state index < -0.39 is 0 Å². The first-order valence-electron chi connectivity index (χ1n) is 10.3. The predicted octanol–water partition coefficient (Wildman–Crippen LogP) is 2.87. The SMILES string of the molecule is Nn1c(SCC(=O)N2CCCC2c2ccc3c(c2)OCCCO3)nnc1-c1ccco1. The number of nitrogens with two attached hydrogens (primary N) is 1. The lowest BCUT2D eigenvalue weighted by Crippen LogP contribution is -2.32. The maximum absolute atomic E-state index is 13.0. The van der Waals surface area contributed by atoms with Crippen LogP contribution in [0, 0.1) is 0 Å². The third-order valence-electron chi connectivity index (χ3n) is 5.46. The standard InChI is InChI=1S/C21H23N5O4S/c22-26-20(17-5-2-9-29-17)23-24-21(26)31-13-19(27)25-8-1-4-15(25)14-6-7-16-18(12-14)30-11-3-10-28-16/h2,5-7,9,12,15H,1,3-4,8,10-11,13,22H2. The second-order valence-corrected chi connectivity index (χ2v) is 8.39. The summed E-state index contributed by atoms with van der Waals surface area (Å²) in [5, 5.41) is 8.63. The normalized spacial score (nSPS) is 18.2. The lowest BCUT2D eigenvalue weighted by atomic mass is 10.0. The first kappa shape index (κ1) is 19.8. The molecule has 31 heavy (non-hydrogen) atoms. The van der Waals surface area contributed by atoms with E-state index in [-0.39, 0.29) is 17.7 Å². The second-order valence-electron chi connectivity index (χ2n) is 7.44. The van der Waals surface area contributed by atoms with Crippen molar-refractivity contribution in [3.63, 3.8) is 0 Å². The molecule has 2 aromatic heterocycles. The average molecular weight is 442 g/mol. The molecule has 3 aromatic rings. The van der Waals surface area contributed by atoms with Crippen LogP contribution in [0.1, 0.15) is 30.9 Å². The van der Waals surface area contributed by atoms with Crippen LogP contribution in [0.3, 0.4) is 0 Å². The molecule has 2 N–H and O–H groups in total. The molecule has 0 saturated carbocycles. The number of rotatable bonds is 5. The Balaban J connectivity index is 1.27. The monoisotopic (exact) mass is 441 g/mol. The minimum Gasteiger partial charge on any atom is -0.490 e. The van der Waals surface area contributed by atoms with Gasteiger partial charge in [-0.15, -0.1) is 10.2 Å². The Morgan fingerprint density at radius 3 is 2.87 bits per heavy atom. The molecule has 162 valence electrons. The van der Waals surface area contributed by atoms with Crippen LogP contribution in [-0.4, -0.2) is 51.2 Å². The van der Waals surface area contributed by atoms with Gasteiger partial charge < -0.3 is 24.6 Å². The van der Waals surface area contributed by atoms with E-state index in [1.807, 2.05) is 23.1 Å². The molecular formula is C21H23N5O4S. The average Bonchev–Trinajstić information content (AvgIpc) is 3.51. The van der Waals surface area contributed by atoms with E-state index in [9.17, 15) is 4.79 Å². The first-order valence-corrected chi connectivity index (χ1v) is 11.3. The smallest absolute Gasteiger partial charge is 0.233 e. The first-order chi connectivity index (χ1) is 15.2. The lowest BCUT2D eigenvalue weighted by Gasteiger charge is -2.25. The summed E-state index contributed by atoms with van der Waals surface area (Å²) in [5.41, 5.74) is 1.07. The van der Waals surface area contributed by atoms with Crippen LogP contribution < -0.4 is 15.3 Å². The van der Waals surface area contributed by atoms with Crippen molar-refractivity contribution in [1.82, 2.24) is 19.8 Å². The number of aromatic nitrogens is 3. The van der Waals surface area contributed by atoms with Gasteiger partial charge in [-0.2, -0.15) is 0 Å². The number of nitrogens with zero attached hydrogens (tertiary/aromatic N) is 4. The Bertz CT molecular complexity index is 1070.